The molecule has 0 bridgehead atoms. The summed E-state index contributed by atoms with van der Waals surface area (Å²) in [6.45, 7) is -0.235. The molecule has 0 aliphatic carbocycles. The number of hydrogen-bond donors (Lipinski definition) is 3. The molecule has 8 nitrogen and oxygen atoms in total. The van der Waals surface area contributed by atoms with Crippen LogP contribution in [0.2, 0.25) is 0 Å². The fourth-order valence-electron chi connectivity index (χ4n) is 2.13. The Morgan fingerprint density at radius 2 is 2.21 bits per heavy atom. The number of nitrogens with zero attached hydrogens (tertiary/aromatic N) is 4. The first kappa shape index (κ1) is 13.0. The zero-order valence-electron chi connectivity index (χ0n) is 9.72. The topological polar surface area (TPSA) is 119 Å². The van der Waals surface area contributed by atoms with Crippen LogP contribution in [-0.2, 0) is 4.74 Å². The summed E-state index contributed by atoms with van der Waals surface area (Å²) in [5.41, 5.74) is 6.77. The minimum absolute atomic E-state index is 0.219. The van der Waals surface area contributed by atoms with Crippen LogP contribution in [0.1, 0.15) is 6.23 Å². The van der Waals surface area contributed by atoms with Gasteiger partial charge in [0.05, 0.1) is 23.0 Å². The molecular formula is C10H12IN5O3. The molecule has 1 fully saturated rings. The van der Waals surface area contributed by atoms with E-state index in [1.807, 2.05) is 0 Å². The smallest absolute Gasteiger partial charge is 0.167 e. The highest BCUT2D eigenvalue weighted by molar-refractivity contribution is 14.1. The van der Waals surface area contributed by atoms with Crippen molar-refractivity contribution in [3.8, 4) is 0 Å². The molecule has 9 heteroatoms. The number of imidazole rings is 1. The Balaban J connectivity index is 2.04. The van der Waals surface area contributed by atoms with Crippen molar-refractivity contribution in [3.05, 3.63) is 12.7 Å². The molecule has 0 amide bonds. The third-order valence-electron chi connectivity index (χ3n) is 3.13. The summed E-state index contributed by atoms with van der Waals surface area (Å²) in [5, 5.41) is 19.1. The molecule has 4 atom stereocenters. The highest BCUT2D eigenvalue weighted by Crippen LogP contribution is 2.36. The van der Waals surface area contributed by atoms with E-state index in [0.29, 0.717) is 17.0 Å². The number of alkyl halides is 1. The maximum absolute atomic E-state index is 9.97. The second kappa shape index (κ2) is 4.81. The molecule has 3 rings (SSSR count). The Morgan fingerprint density at radius 1 is 1.42 bits per heavy atom. The highest BCUT2D eigenvalue weighted by atomic mass is 127. The molecule has 102 valence electrons. The Labute approximate surface area is 121 Å². The number of nitrogens with two attached hydrogens (primary N) is 1. The molecular weight excluding hydrogens is 365 g/mol. The second-order valence-electron chi connectivity index (χ2n) is 4.27. The van der Waals surface area contributed by atoms with Crippen LogP contribution >= 0.6 is 22.6 Å². The van der Waals surface area contributed by atoms with E-state index in [1.54, 1.807) is 10.9 Å². The lowest BCUT2D eigenvalue weighted by molar-refractivity contribution is -0.0429. The second-order valence-corrected chi connectivity index (χ2v) is 5.70. The minimum atomic E-state index is -0.743. The van der Waals surface area contributed by atoms with Crippen molar-refractivity contribution in [2.75, 3.05) is 12.3 Å². The van der Waals surface area contributed by atoms with Gasteiger partial charge in [-0.3, -0.25) is 4.57 Å². The van der Waals surface area contributed by atoms with Gasteiger partial charge in [0, 0.05) is 0 Å². The molecule has 0 saturated carbocycles. The average Bonchev–Trinajstić information content (AvgIpc) is 2.94. The lowest BCUT2D eigenvalue weighted by atomic mass is 10.2. The van der Waals surface area contributed by atoms with Crippen molar-refractivity contribution in [2.45, 2.75) is 22.4 Å². The number of aliphatic hydroxyl groups is 2. The number of hydrogen-bond acceptors (Lipinski definition) is 7. The van der Waals surface area contributed by atoms with Crippen LogP contribution in [0.4, 0.5) is 5.82 Å². The summed E-state index contributed by atoms with van der Waals surface area (Å²) in [6, 6.07) is 0. The first-order valence-corrected chi connectivity index (χ1v) is 6.89. The van der Waals surface area contributed by atoms with E-state index in [9.17, 15) is 5.11 Å². The summed E-state index contributed by atoms with van der Waals surface area (Å²) in [5.74, 6) is 0.297. The standard InChI is InChI=1S/C10H12IN5O3/c11-5-7(18)4(1-17)19-10(5)16-3-15-6-8(12)13-2-14-9(6)16/h2-5,7,10,17-18H,1H2,(H2,12,13,14)/t4-,5+,7?,10-/m1/s1. The van der Waals surface area contributed by atoms with E-state index >= 15 is 0 Å². The quantitative estimate of drug-likeness (QED) is 0.475. The van der Waals surface area contributed by atoms with Gasteiger partial charge in [0.1, 0.15) is 17.9 Å². The number of nitrogen functional groups attached to an aromatic ring is 1. The van der Waals surface area contributed by atoms with Gasteiger partial charge in [-0.25, -0.2) is 15.0 Å². The van der Waals surface area contributed by atoms with Gasteiger partial charge in [-0.15, -0.1) is 0 Å². The fraction of sp³-hybridized carbons (Fsp3) is 0.500. The van der Waals surface area contributed by atoms with E-state index in [0.717, 1.165) is 0 Å². The van der Waals surface area contributed by atoms with Crippen LogP contribution in [0, 0.1) is 0 Å². The third-order valence-corrected chi connectivity index (χ3v) is 4.49. The monoisotopic (exact) mass is 377 g/mol. The van der Waals surface area contributed by atoms with Gasteiger partial charge < -0.3 is 20.7 Å². The third kappa shape index (κ3) is 1.96. The molecule has 1 saturated heterocycles. The van der Waals surface area contributed by atoms with Crippen molar-refractivity contribution in [1.29, 1.82) is 0 Å². The van der Waals surface area contributed by atoms with Gasteiger partial charge >= 0.3 is 0 Å². The molecule has 4 N–H and O–H groups in total. The zero-order valence-corrected chi connectivity index (χ0v) is 11.9. The van der Waals surface area contributed by atoms with E-state index in [2.05, 4.69) is 37.5 Å². The lowest BCUT2D eigenvalue weighted by Crippen LogP contribution is -2.29. The predicted octanol–water partition coefficient (Wildman–Crippen LogP) is -0.537. The average molecular weight is 377 g/mol. The number of aromatic nitrogens is 4. The Morgan fingerprint density at radius 3 is 2.89 bits per heavy atom. The van der Waals surface area contributed by atoms with E-state index in [1.165, 1.54) is 6.33 Å². The van der Waals surface area contributed by atoms with Crippen molar-refractivity contribution >= 4 is 39.6 Å². The Bertz CT molecular complexity index is 606. The van der Waals surface area contributed by atoms with Gasteiger partial charge in [-0.1, -0.05) is 22.6 Å². The molecule has 3 heterocycles. The van der Waals surface area contributed by atoms with Gasteiger partial charge in [0.15, 0.2) is 17.7 Å². The van der Waals surface area contributed by atoms with Crippen LogP contribution in [0.25, 0.3) is 11.2 Å². The minimum Gasteiger partial charge on any atom is -0.394 e. The fourth-order valence-corrected chi connectivity index (χ4v) is 3.11. The summed E-state index contributed by atoms with van der Waals surface area (Å²) in [6.07, 6.45) is 1.11. The van der Waals surface area contributed by atoms with Gasteiger partial charge in [0.2, 0.25) is 0 Å². The molecule has 1 aliphatic heterocycles. The summed E-state index contributed by atoms with van der Waals surface area (Å²) in [4.78, 5) is 12.2. The van der Waals surface area contributed by atoms with E-state index in [-0.39, 0.29) is 10.5 Å². The van der Waals surface area contributed by atoms with Crippen molar-refractivity contribution in [2.24, 2.45) is 0 Å². The molecule has 0 spiro atoms. The molecule has 1 unspecified atom stereocenters. The SMILES string of the molecule is Nc1ncnc2c1ncn2[C@@H]1O[C@H](CO)C(O)[C@@H]1I. The molecule has 2 aromatic heterocycles. The summed E-state index contributed by atoms with van der Waals surface area (Å²) >= 11 is 2.09. The molecule has 0 radical (unpaired) electrons. The van der Waals surface area contributed by atoms with Crippen LogP contribution in [0.3, 0.4) is 0 Å². The lowest BCUT2D eigenvalue weighted by Gasteiger charge is -2.16. The molecule has 19 heavy (non-hydrogen) atoms. The zero-order chi connectivity index (χ0) is 13.6. The van der Waals surface area contributed by atoms with Crippen LogP contribution in [-0.4, -0.2) is 52.5 Å². The van der Waals surface area contributed by atoms with Gasteiger partial charge in [-0.2, -0.15) is 0 Å². The normalized spacial score (nSPS) is 31.1. The van der Waals surface area contributed by atoms with Crippen molar-refractivity contribution in [3.63, 3.8) is 0 Å². The summed E-state index contributed by atoms with van der Waals surface area (Å²) < 4.78 is 7.12. The maximum atomic E-state index is 9.97. The van der Waals surface area contributed by atoms with E-state index in [4.69, 9.17) is 15.6 Å². The highest BCUT2D eigenvalue weighted by Gasteiger charge is 2.43. The maximum Gasteiger partial charge on any atom is 0.167 e. The number of halogens is 1. The van der Waals surface area contributed by atoms with Crippen molar-refractivity contribution < 1.29 is 14.9 Å². The molecule has 0 aromatic carbocycles. The van der Waals surface area contributed by atoms with Crippen molar-refractivity contribution in [1.82, 2.24) is 19.5 Å². The predicted molar refractivity (Wildman–Crippen MR) is 74.5 cm³/mol. The van der Waals surface area contributed by atoms with Gasteiger partial charge in [-0.05, 0) is 0 Å². The number of aliphatic hydroxyl groups excluding tert-OH is 2. The van der Waals surface area contributed by atoms with Crippen LogP contribution < -0.4 is 5.73 Å². The Kier molecular flexibility index (Phi) is 3.28. The Hall–Kier alpha value is -1.04. The van der Waals surface area contributed by atoms with E-state index < -0.39 is 18.4 Å². The van der Waals surface area contributed by atoms with Crippen LogP contribution in [0.15, 0.2) is 12.7 Å². The number of fused-ring (bicyclic) bond motifs is 1. The number of ether oxygens (including phenoxy) is 1. The number of rotatable bonds is 2. The molecule has 2 aromatic rings. The van der Waals surface area contributed by atoms with Crippen LogP contribution in [0.5, 0.6) is 0 Å². The first-order chi connectivity index (χ1) is 9.13. The molecule has 1 aliphatic rings. The van der Waals surface area contributed by atoms with Gasteiger partial charge in [0.25, 0.3) is 0 Å². The summed E-state index contributed by atoms with van der Waals surface area (Å²) in [7, 11) is 0. The number of anilines is 1. The first-order valence-electron chi connectivity index (χ1n) is 5.65. The largest absolute Gasteiger partial charge is 0.394 e.